The summed E-state index contributed by atoms with van der Waals surface area (Å²) in [7, 11) is 2.23. The molecule has 2 aliphatic heterocycles. The van der Waals surface area contributed by atoms with Crippen LogP contribution < -0.4 is 4.74 Å². The fourth-order valence-corrected chi connectivity index (χ4v) is 5.35. The van der Waals surface area contributed by atoms with Crippen molar-refractivity contribution in [2.75, 3.05) is 46.1 Å². The molecule has 1 atom stereocenters. The van der Waals surface area contributed by atoms with Gasteiger partial charge in [-0.1, -0.05) is 25.1 Å². The Labute approximate surface area is 186 Å². The third-order valence-electron chi connectivity index (χ3n) is 6.68. The molecule has 3 nitrogen and oxygen atoms in total. The van der Waals surface area contributed by atoms with Gasteiger partial charge < -0.3 is 14.5 Å². The zero-order valence-electron chi connectivity index (χ0n) is 18.8. The summed E-state index contributed by atoms with van der Waals surface area (Å²) in [6.07, 6.45) is 5.92. The van der Waals surface area contributed by atoms with E-state index in [0.29, 0.717) is 11.8 Å². The summed E-state index contributed by atoms with van der Waals surface area (Å²) in [6, 6.07) is 15.9. The van der Waals surface area contributed by atoms with Crippen molar-refractivity contribution >= 4 is 11.8 Å². The first kappa shape index (κ1) is 21.7. The largest absolute Gasteiger partial charge is 0.493 e. The number of hydrogen-bond donors (Lipinski definition) is 0. The number of fused-ring (bicyclic) bond motifs is 1. The van der Waals surface area contributed by atoms with Gasteiger partial charge in [-0.3, -0.25) is 0 Å². The minimum atomic E-state index is 0.437. The molecule has 2 aliphatic rings. The second kappa shape index (κ2) is 10.2. The molecule has 2 heterocycles. The van der Waals surface area contributed by atoms with E-state index in [-0.39, 0.29) is 0 Å². The van der Waals surface area contributed by atoms with E-state index in [4.69, 9.17) is 4.74 Å². The van der Waals surface area contributed by atoms with Crippen molar-refractivity contribution in [3.8, 4) is 5.75 Å². The quantitative estimate of drug-likeness (QED) is 0.546. The summed E-state index contributed by atoms with van der Waals surface area (Å²) in [5.41, 5.74) is 4.29. The lowest BCUT2D eigenvalue weighted by Gasteiger charge is -2.33. The van der Waals surface area contributed by atoms with Crippen molar-refractivity contribution < 1.29 is 4.74 Å². The molecule has 162 valence electrons. The number of likely N-dealkylation sites (N-methyl/N-ethyl adjacent to an activating group) is 1. The Morgan fingerprint density at radius 3 is 2.53 bits per heavy atom. The second-order valence-corrected chi connectivity index (χ2v) is 9.86. The summed E-state index contributed by atoms with van der Waals surface area (Å²) in [5.74, 6) is 2.17. The maximum atomic E-state index is 6.27. The number of ether oxygens (including phenoxy) is 1. The van der Waals surface area contributed by atoms with Gasteiger partial charge in [0.15, 0.2) is 0 Å². The molecule has 0 aromatic heterocycles. The van der Waals surface area contributed by atoms with Gasteiger partial charge in [0.05, 0.1) is 6.61 Å². The summed E-state index contributed by atoms with van der Waals surface area (Å²) in [4.78, 5) is 6.35. The number of likely N-dealkylation sites (tertiary alicyclic amines) is 1. The highest BCUT2D eigenvalue weighted by molar-refractivity contribution is 7.98. The van der Waals surface area contributed by atoms with Crippen LogP contribution in [0.15, 0.2) is 47.4 Å². The molecular weight excluding hydrogens is 388 g/mol. The number of benzene rings is 2. The van der Waals surface area contributed by atoms with Gasteiger partial charge in [-0.25, -0.2) is 0 Å². The van der Waals surface area contributed by atoms with Gasteiger partial charge in [-0.05, 0) is 99.1 Å². The molecule has 0 amide bonds. The minimum Gasteiger partial charge on any atom is -0.493 e. The molecule has 0 bridgehead atoms. The fourth-order valence-electron chi connectivity index (χ4n) is 4.94. The average molecular weight is 425 g/mol. The Morgan fingerprint density at radius 1 is 1.07 bits per heavy atom. The SMILES string of the molecule is CCCN1CCC(COc2ccc3c(c2)CN(C)CC3c2ccc(SC)cc2)CC1. The zero-order chi connectivity index (χ0) is 20.9. The number of thioether (sulfide) groups is 1. The van der Waals surface area contributed by atoms with Gasteiger partial charge in [0.2, 0.25) is 0 Å². The normalized spacial score (nSPS) is 20.8. The topological polar surface area (TPSA) is 15.7 Å². The number of rotatable bonds is 7. The maximum absolute atomic E-state index is 6.27. The van der Waals surface area contributed by atoms with Crippen LogP contribution in [0.1, 0.15) is 48.8 Å². The van der Waals surface area contributed by atoms with E-state index in [1.54, 1.807) is 11.8 Å². The molecule has 0 radical (unpaired) electrons. The number of hydrogen-bond acceptors (Lipinski definition) is 4. The van der Waals surface area contributed by atoms with Crippen LogP contribution in [0.25, 0.3) is 0 Å². The fraction of sp³-hybridized carbons (Fsp3) is 0.538. The molecule has 2 aromatic carbocycles. The first-order chi connectivity index (χ1) is 14.7. The molecule has 2 aromatic rings. The standard InChI is InChI=1S/C26H36N2OS/c1-4-13-28-14-11-20(12-15-28)19-29-23-7-10-25-22(16-23)17-27(2)18-26(25)21-5-8-24(30-3)9-6-21/h5-10,16,20,26H,4,11-15,17-19H2,1-3H3. The van der Waals surface area contributed by atoms with Gasteiger partial charge in [-0.2, -0.15) is 0 Å². The van der Waals surface area contributed by atoms with Crippen molar-refractivity contribution in [1.82, 2.24) is 9.80 Å². The van der Waals surface area contributed by atoms with Crippen LogP contribution in [0.5, 0.6) is 5.75 Å². The van der Waals surface area contributed by atoms with E-state index >= 15 is 0 Å². The van der Waals surface area contributed by atoms with Crippen molar-refractivity contribution in [2.24, 2.45) is 5.92 Å². The summed E-state index contributed by atoms with van der Waals surface area (Å²) < 4.78 is 6.27. The molecule has 1 fully saturated rings. The Bertz CT molecular complexity index is 814. The summed E-state index contributed by atoms with van der Waals surface area (Å²) in [6.45, 7) is 8.90. The van der Waals surface area contributed by atoms with Crippen LogP contribution in [0.4, 0.5) is 0 Å². The maximum Gasteiger partial charge on any atom is 0.119 e. The highest BCUT2D eigenvalue weighted by Gasteiger charge is 2.25. The molecular formula is C26H36N2OS. The first-order valence-corrected chi connectivity index (χ1v) is 12.7. The first-order valence-electron chi connectivity index (χ1n) is 11.5. The smallest absolute Gasteiger partial charge is 0.119 e. The van der Waals surface area contributed by atoms with E-state index in [0.717, 1.165) is 25.4 Å². The minimum absolute atomic E-state index is 0.437. The van der Waals surface area contributed by atoms with E-state index < -0.39 is 0 Å². The highest BCUT2D eigenvalue weighted by atomic mass is 32.2. The van der Waals surface area contributed by atoms with Crippen molar-refractivity contribution in [2.45, 2.75) is 43.5 Å². The molecule has 0 aliphatic carbocycles. The molecule has 0 saturated carbocycles. The average Bonchev–Trinajstić information content (AvgIpc) is 2.78. The third-order valence-corrected chi connectivity index (χ3v) is 7.42. The van der Waals surface area contributed by atoms with Gasteiger partial charge >= 0.3 is 0 Å². The molecule has 4 rings (SSSR count). The van der Waals surface area contributed by atoms with Gasteiger partial charge in [0.25, 0.3) is 0 Å². The molecule has 0 N–H and O–H groups in total. The van der Waals surface area contributed by atoms with E-state index in [2.05, 4.69) is 72.5 Å². The Balaban J connectivity index is 1.41. The van der Waals surface area contributed by atoms with Gasteiger partial charge in [0.1, 0.15) is 5.75 Å². The van der Waals surface area contributed by atoms with E-state index in [1.165, 1.54) is 60.5 Å². The van der Waals surface area contributed by atoms with Crippen molar-refractivity contribution in [3.63, 3.8) is 0 Å². The number of piperidine rings is 1. The van der Waals surface area contributed by atoms with E-state index in [9.17, 15) is 0 Å². The molecule has 4 heteroatoms. The lowest BCUT2D eigenvalue weighted by atomic mass is 9.85. The predicted molar refractivity (Wildman–Crippen MR) is 128 cm³/mol. The Morgan fingerprint density at radius 2 is 1.83 bits per heavy atom. The molecule has 0 spiro atoms. The summed E-state index contributed by atoms with van der Waals surface area (Å²) >= 11 is 1.80. The van der Waals surface area contributed by atoms with Crippen LogP contribution in [-0.2, 0) is 6.54 Å². The second-order valence-electron chi connectivity index (χ2n) is 8.98. The molecule has 1 saturated heterocycles. The predicted octanol–water partition coefficient (Wildman–Crippen LogP) is 5.49. The Kier molecular flexibility index (Phi) is 7.40. The van der Waals surface area contributed by atoms with Crippen molar-refractivity contribution in [1.29, 1.82) is 0 Å². The van der Waals surface area contributed by atoms with Crippen LogP contribution >= 0.6 is 11.8 Å². The lowest BCUT2D eigenvalue weighted by Crippen LogP contribution is -2.36. The highest BCUT2D eigenvalue weighted by Crippen LogP contribution is 2.35. The summed E-state index contributed by atoms with van der Waals surface area (Å²) in [5, 5.41) is 0. The van der Waals surface area contributed by atoms with Gasteiger partial charge in [0, 0.05) is 23.9 Å². The van der Waals surface area contributed by atoms with Crippen LogP contribution in [0.3, 0.4) is 0 Å². The van der Waals surface area contributed by atoms with Gasteiger partial charge in [-0.15, -0.1) is 11.8 Å². The Hall–Kier alpha value is -1.49. The monoisotopic (exact) mass is 424 g/mol. The van der Waals surface area contributed by atoms with Crippen LogP contribution in [-0.4, -0.2) is 55.9 Å². The molecule has 30 heavy (non-hydrogen) atoms. The number of nitrogens with zero attached hydrogens (tertiary/aromatic N) is 2. The van der Waals surface area contributed by atoms with E-state index in [1.807, 2.05) is 0 Å². The zero-order valence-corrected chi connectivity index (χ0v) is 19.6. The molecule has 1 unspecified atom stereocenters. The van der Waals surface area contributed by atoms with Crippen molar-refractivity contribution in [3.05, 3.63) is 59.2 Å². The third kappa shape index (κ3) is 5.22. The van der Waals surface area contributed by atoms with Crippen LogP contribution in [0.2, 0.25) is 0 Å². The lowest BCUT2D eigenvalue weighted by molar-refractivity contribution is 0.141. The van der Waals surface area contributed by atoms with Crippen LogP contribution in [0, 0.1) is 5.92 Å².